The first kappa shape index (κ1) is 28.9. The second kappa shape index (κ2) is 14.4. The fraction of sp³-hybridized carbons (Fsp3) is 0.125. The van der Waals surface area contributed by atoms with Crippen LogP contribution in [0.5, 0.6) is 11.5 Å². The molecule has 0 spiro atoms. The number of hydrogen-bond donors (Lipinski definition) is 2. The van der Waals surface area contributed by atoms with Crippen molar-refractivity contribution < 1.29 is 19.1 Å². The van der Waals surface area contributed by atoms with Crippen LogP contribution in [0.2, 0.25) is 5.02 Å². The van der Waals surface area contributed by atoms with Crippen molar-refractivity contribution in [2.24, 2.45) is 0 Å². The van der Waals surface area contributed by atoms with Crippen molar-refractivity contribution in [3.63, 3.8) is 0 Å². The molecule has 8 heteroatoms. The normalized spacial score (nSPS) is 10.4. The zero-order valence-electron chi connectivity index (χ0n) is 21.8. The van der Waals surface area contributed by atoms with Gasteiger partial charge in [0.2, 0.25) is 0 Å². The molecule has 0 aliphatic carbocycles. The highest BCUT2D eigenvalue weighted by molar-refractivity contribution is 9.10. The number of amides is 2. The molecule has 40 heavy (non-hydrogen) atoms. The summed E-state index contributed by atoms with van der Waals surface area (Å²) in [6.45, 7) is 0.800. The van der Waals surface area contributed by atoms with Crippen LogP contribution >= 0.6 is 27.5 Å². The lowest BCUT2D eigenvalue weighted by Gasteiger charge is -2.15. The Morgan fingerprint density at radius 2 is 1.38 bits per heavy atom. The van der Waals surface area contributed by atoms with Crippen LogP contribution in [0.25, 0.3) is 6.08 Å². The van der Waals surface area contributed by atoms with E-state index >= 15 is 0 Å². The summed E-state index contributed by atoms with van der Waals surface area (Å²) in [5, 5.41) is 6.30. The third kappa shape index (κ3) is 7.97. The predicted octanol–water partition coefficient (Wildman–Crippen LogP) is 6.71. The third-order valence-electron chi connectivity index (χ3n) is 5.97. The number of methoxy groups -OCH3 is 1. The molecule has 0 atom stereocenters. The maximum atomic E-state index is 13.3. The Labute approximate surface area is 247 Å². The Balaban J connectivity index is 1.58. The quantitative estimate of drug-likeness (QED) is 0.111. The fourth-order valence-electron chi connectivity index (χ4n) is 3.88. The number of hydrogen-bond acceptors (Lipinski definition) is 4. The Morgan fingerprint density at radius 3 is 1.93 bits per heavy atom. The summed E-state index contributed by atoms with van der Waals surface area (Å²) in [6, 6.07) is 29.9. The summed E-state index contributed by atoms with van der Waals surface area (Å²) in [5.41, 5.74) is 3.21. The van der Waals surface area contributed by atoms with E-state index in [1.165, 1.54) is 13.2 Å². The van der Waals surface area contributed by atoms with Crippen LogP contribution in [-0.2, 0) is 29.3 Å². The Morgan fingerprint density at radius 1 is 0.825 bits per heavy atom. The zero-order chi connectivity index (χ0) is 28.3. The topological polar surface area (TPSA) is 76.7 Å². The van der Waals surface area contributed by atoms with Crippen LogP contribution in [0.3, 0.4) is 0 Å². The largest absolute Gasteiger partial charge is 0.493 e. The average molecular weight is 620 g/mol. The van der Waals surface area contributed by atoms with Crippen molar-refractivity contribution in [1.29, 1.82) is 0 Å². The molecule has 0 aliphatic rings. The van der Waals surface area contributed by atoms with Gasteiger partial charge in [0, 0.05) is 23.7 Å². The monoisotopic (exact) mass is 618 g/mol. The van der Waals surface area contributed by atoms with Crippen LogP contribution in [0.1, 0.15) is 22.3 Å². The van der Waals surface area contributed by atoms with Crippen molar-refractivity contribution in [3.05, 3.63) is 134 Å². The van der Waals surface area contributed by atoms with Gasteiger partial charge in [-0.2, -0.15) is 0 Å². The van der Waals surface area contributed by atoms with Gasteiger partial charge in [0.05, 0.1) is 11.6 Å². The number of nitrogens with one attached hydrogen (secondary N) is 2. The van der Waals surface area contributed by atoms with E-state index in [4.69, 9.17) is 21.1 Å². The highest BCUT2D eigenvalue weighted by Gasteiger charge is 2.20. The van der Waals surface area contributed by atoms with Gasteiger partial charge in [0.1, 0.15) is 12.2 Å². The molecular formula is C32H28BrClN2O4. The molecule has 0 aromatic heterocycles. The van der Waals surface area contributed by atoms with Crippen molar-refractivity contribution in [2.75, 3.05) is 7.11 Å². The van der Waals surface area contributed by atoms with Gasteiger partial charge < -0.3 is 20.1 Å². The molecule has 4 rings (SSSR count). The van der Waals surface area contributed by atoms with E-state index in [-0.39, 0.29) is 25.3 Å². The second-order valence-electron chi connectivity index (χ2n) is 8.81. The third-order valence-corrected chi connectivity index (χ3v) is 6.93. The van der Waals surface area contributed by atoms with E-state index in [1.807, 2.05) is 78.9 Å². The van der Waals surface area contributed by atoms with E-state index in [0.717, 1.165) is 16.7 Å². The Bertz CT molecular complexity index is 1440. The average Bonchev–Trinajstić information content (AvgIpc) is 2.98. The lowest BCUT2D eigenvalue weighted by molar-refractivity contribution is -0.123. The molecular weight excluding hydrogens is 592 g/mol. The maximum absolute atomic E-state index is 13.3. The molecule has 0 fully saturated rings. The van der Waals surface area contributed by atoms with Gasteiger partial charge in [-0.25, -0.2) is 0 Å². The first-order valence-corrected chi connectivity index (χ1v) is 13.7. The van der Waals surface area contributed by atoms with Gasteiger partial charge in [0.25, 0.3) is 11.8 Å². The fourth-order valence-corrected chi connectivity index (χ4v) is 4.64. The number of halogens is 2. The van der Waals surface area contributed by atoms with Gasteiger partial charge in [-0.3, -0.25) is 9.59 Å². The van der Waals surface area contributed by atoms with Gasteiger partial charge in [-0.15, -0.1) is 0 Å². The molecule has 4 aromatic carbocycles. The first-order valence-electron chi connectivity index (χ1n) is 12.5. The summed E-state index contributed by atoms with van der Waals surface area (Å²) < 4.78 is 12.2. The van der Waals surface area contributed by atoms with Crippen molar-refractivity contribution in [2.45, 2.75) is 19.7 Å². The molecule has 204 valence electrons. The molecule has 0 saturated carbocycles. The van der Waals surface area contributed by atoms with Crippen LogP contribution < -0.4 is 20.1 Å². The Kier molecular flexibility index (Phi) is 10.4. The highest BCUT2D eigenvalue weighted by Crippen LogP contribution is 2.38. The van der Waals surface area contributed by atoms with Crippen LogP contribution in [-0.4, -0.2) is 18.9 Å². The van der Waals surface area contributed by atoms with Gasteiger partial charge in [-0.1, -0.05) is 90.5 Å². The SMILES string of the molecule is COc1cc(C=C(C(=O)NCc2ccccc2)C(=O)NCc2ccccc2)cc(Br)c1OCc1ccccc1Cl. The van der Waals surface area contributed by atoms with E-state index in [9.17, 15) is 9.59 Å². The van der Waals surface area contributed by atoms with Crippen LogP contribution in [0.4, 0.5) is 0 Å². The Hall–Kier alpha value is -4.07. The van der Waals surface area contributed by atoms with Crippen LogP contribution in [0, 0.1) is 0 Å². The zero-order valence-corrected chi connectivity index (χ0v) is 24.2. The number of rotatable bonds is 11. The summed E-state index contributed by atoms with van der Waals surface area (Å²) in [5.74, 6) is -0.0864. The van der Waals surface area contributed by atoms with Crippen LogP contribution in [0.15, 0.2) is 107 Å². The molecule has 2 amide bonds. The molecule has 0 bridgehead atoms. The van der Waals surface area contributed by atoms with E-state index < -0.39 is 11.8 Å². The van der Waals surface area contributed by atoms with Crippen molar-refractivity contribution in [3.8, 4) is 11.5 Å². The van der Waals surface area contributed by atoms with Gasteiger partial charge in [0.15, 0.2) is 11.5 Å². The minimum atomic E-state index is -0.497. The van der Waals surface area contributed by atoms with E-state index in [2.05, 4.69) is 26.6 Å². The molecule has 0 aliphatic heterocycles. The number of ether oxygens (including phenoxy) is 2. The summed E-state index contributed by atoms with van der Waals surface area (Å²) in [6.07, 6.45) is 1.53. The van der Waals surface area contributed by atoms with E-state index in [0.29, 0.717) is 26.6 Å². The molecule has 0 radical (unpaired) electrons. The molecule has 0 heterocycles. The van der Waals surface area contributed by atoms with E-state index in [1.54, 1.807) is 18.2 Å². The molecule has 0 unspecified atom stereocenters. The number of carbonyl (C=O) groups is 2. The summed E-state index contributed by atoms with van der Waals surface area (Å²) >= 11 is 9.82. The first-order chi connectivity index (χ1) is 19.4. The lowest BCUT2D eigenvalue weighted by Crippen LogP contribution is -2.34. The van der Waals surface area contributed by atoms with Crippen molar-refractivity contribution >= 4 is 45.4 Å². The summed E-state index contributed by atoms with van der Waals surface area (Å²) in [7, 11) is 1.53. The lowest BCUT2D eigenvalue weighted by atomic mass is 10.1. The molecule has 0 saturated heterocycles. The van der Waals surface area contributed by atoms with Crippen molar-refractivity contribution in [1.82, 2.24) is 10.6 Å². The molecule has 2 N–H and O–H groups in total. The van der Waals surface area contributed by atoms with Gasteiger partial charge >= 0.3 is 0 Å². The second-order valence-corrected chi connectivity index (χ2v) is 10.1. The molecule has 4 aromatic rings. The standard InChI is InChI=1S/C32H28BrClN2O4/c1-39-29-18-24(17-27(33)30(29)40-21-25-14-8-9-15-28(25)34)16-26(31(37)35-19-22-10-4-2-5-11-22)32(38)36-20-23-12-6-3-7-13-23/h2-18H,19-21H2,1H3,(H,35,37)(H,36,38). The minimum absolute atomic E-state index is 0.0365. The number of benzene rings is 4. The summed E-state index contributed by atoms with van der Waals surface area (Å²) in [4.78, 5) is 26.5. The molecule has 6 nitrogen and oxygen atoms in total. The van der Waals surface area contributed by atoms with Gasteiger partial charge in [-0.05, 0) is 56.9 Å². The number of carbonyl (C=O) groups excluding carboxylic acids is 2. The maximum Gasteiger partial charge on any atom is 0.257 e. The predicted molar refractivity (Wildman–Crippen MR) is 161 cm³/mol. The minimum Gasteiger partial charge on any atom is -0.493 e. The highest BCUT2D eigenvalue weighted by atomic mass is 79.9. The smallest absolute Gasteiger partial charge is 0.257 e.